The van der Waals surface area contributed by atoms with Crippen LogP contribution in [0.25, 0.3) is 0 Å². The number of hydrogen-bond acceptors (Lipinski definition) is 6. The molecule has 1 aromatic carbocycles. The van der Waals surface area contributed by atoms with Gasteiger partial charge in [-0.3, -0.25) is 9.59 Å². The third-order valence-electron chi connectivity index (χ3n) is 4.67. The lowest BCUT2D eigenvalue weighted by Crippen LogP contribution is -2.49. The molecule has 156 valence electrons. The summed E-state index contributed by atoms with van der Waals surface area (Å²) >= 11 is 0. The van der Waals surface area contributed by atoms with Crippen LogP contribution in [0.3, 0.4) is 0 Å². The first-order valence-corrected chi connectivity index (χ1v) is 9.54. The number of hydrogen-bond donors (Lipinski definition) is 2. The van der Waals surface area contributed by atoms with Crippen molar-refractivity contribution in [1.82, 2.24) is 14.9 Å². The van der Waals surface area contributed by atoms with Gasteiger partial charge in [-0.1, -0.05) is 12.1 Å². The summed E-state index contributed by atoms with van der Waals surface area (Å²) in [7, 11) is 0. The van der Waals surface area contributed by atoms with E-state index in [1.54, 1.807) is 18.5 Å². The Bertz CT molecular complexity index is 779. The number of rotatable bonds is 7. The first kappa shape index (κ1) is 22.6. The van der Waals surface area contributed by atoms with Crippen LogP contribution in [0.1, 0.15) is 18.4 Å². The summed E-state index contributed by atoms with van der Waals surface area (Å²) in [5.74, 6) is 0.765. The van der Waals surface area contributed by atoms with Crippen LogP contribution in [0.4, 0.5) is 11.6 Å². The van der Waals surface area contributed by atoms with Crippen molar-refractivity contribution < 1.29 is 9.59 Å². The topological polar surface area (TPSA) is 104 Å². The molecule has 1 saturated heterocycles. The molecule has 0 bridgehead atoms. The van der Waals surface area contributed by atoms with Gasteiger partial charge >= 0.3 is 0 Å². The summed E-state index contributed by atoms with van der Waals surface area (Å²) in [4.78, 5) is 36.8. The largest absolute Gasteiger partial charge is 0.339 e. The molecule has 3 rings (SSSR count). The Morgan fingerprint density at radius 1 is 1.03 bits per heavy atom. The van der Waals surface area contributed by atoms with Crippen LogP contribution in [-0.4, -0.2) is 59.4 Å². The van der Waals surface area contributed by atoms with E-state index in [1.165, 1.54) is 0 Å². The Morgan fingerprint density at radius 2 is 1.69 bits per heavy atom. The molecular formula is C20H27ClN6O2. The molecule has 1 aliphatic rings. The summed E-state index contributed by atoms with van der Waals surface area (Å²) in [6.07, 6.45) is 4.89. The molecule has 0 atom stereocenters. The van der Waals surface area contributed by atoms with Crippen LogP contribution in [0.5, 0.6) is 0 Å². The van der Waals surface area contributed by atoms with Crippen molar-refractivity contribution in [2.24, 2.45) is 5.73 Å². The zero-order valence-corrected chi connectivity index (χ0v) is 17.1. The maximum absolute atomic E-state index is 12.6. The number of nitrogens with zero attached hydrogens (tertiary/aromatic N) is 4. The molecule has 0 saturated carbocycles. The van der Waals surface area contributed by atoms with Crippen LogP contribution < -0.4 is 16.0 Å². The van der Waals surface area contributed by atoms with E-state index in [9.17, 15) is 9.59 Å². The molecule has 8 nitrogen and oxygen atoms in total. The van der Waals surface area contributed by atoms with E-state index in [0.717, 1.165) is 24.3 Å². The van der Waals surface area contributed by atoms with E-state index >= 15 is 0 Å². The molecule has 1 aliphatic heterocycles. The van der Waals surface area contributed by atoms with Crippen molar-refractivity contribution in [1.29, 1.82) is 0 Å². The number of benzene rings is 1. The van der Waals surface area contributed by atoms with Gasteiger partial charge in [-0.05, 0) is 36.7 Å². The van der Waals surface area contributed by atoms with E-state index < -0.39 is 0 Å². The van der Waals surface area contributed by atoms with Gasteiger partial charge in [-0.15, -0.1) is 12.4 Å². The van der Waals surface area contributed by atoms with Gasteiger partial charge in [0.1, 0.15) is 0 Å². The number of carbonyl (C=O) groups is 2. The number of carbonyl (C=O) groups excluding carboxylic acids is 2. The Hall–Kier alpha value is -2.71. The second kappa shape index (κ2) is 11.3. The fourth-order valence-corrected chi connectivity index (χ4v) is 3.09. The van der Waals surface area contributed by atoms with Gasteiger partial charge in [0.2, 0.25) is 17.8 Å². The number of anilines is 2. The fraction of sp³-hybridized carbons (Fsp3) is 0.400. The zero-order chi connectivity index (χ0) is 19.8. The Kier molecular flexibility index (Phi) is 8.82. The molecule has 29 heavy (non-hydrogen) atoms. The lowest BCUT2D eigenvalue weighted by atomic mass is 10.1. The van der Waals surface area contributed by atoms with E-state index in [2.05, 4.69) is 20.2 Å². The minimum atomic E-state index is -0.0467. The number of halogens is 1. The molecule has 0 unspecified atom stereocenters. The molecule has 9 heteroatoms. The first-order chi connectivity index (χ1) is 13.7. The number of aromatic nitrogens is 2. The third-order valence-corrected chi connectivity index (χ3v) is 4.67. The Balaban J connectivity index is 0.00000300. The maximum atomic E-state index is 12.6. The van der Waals surface area contributed by atoms with E-state index in [-0.39, 0.29) is 24.2 Å². The highest BCUT2D eigenvalue weighted by Gasteiger charge is 2.22. The number of amides is 2. The highest BCUT2D eigenvalue weighted by atomic mass is 35.5. The summed E-state index contributed by atoms with van der Waals surface area (Å²) in [6.45, 7) is 3.27. The normalized spacial score (nSPS) is 13.6. The smallest absolute Gasteiger partial charge is 0.227 e. The van der Waals surface area contributed by atoms with Crippen LogP contribution in [0.15, 0.2) is 42.7 Å². The van der Waals surface area contributed by atoms with Crippen LogP contribution >= 0.6 is 12.4 Å². The maximum Gasteiger partial charge on any atom is 0.227 e. The quantitative estimate of drug-likeness (QED) is 0.705. The van der Waals surface area contributed by atoms with E-state index in [0.29, 0.717) is 44.8 Å². The zero-order valence-electron chi connectivity index (χ0n) is 16.3. The first-order valence-electron chi connectivity index (χ1n) is 9.54. The van der Waals surface area contributed by atoms with Crippen molar-refractivity contribution in [2.45, 2.75) is 19.3 Å². The average molecular weight is 419 g/mol. The monoisotopic (exact) mass is 418 g/mol. The lowest BCUT2D eigenvalue weighted by Gasteiger charge is -2.34. The summed E-state index contributed by atoms with van der Waals surface area (Å²) in [5, 5.41) is 2.83. The average Bonchev–Trinajstić information content (AvgIpc) is 2.74. The number of piperazine rings is 1. The van der Waals surface area contributed by atoms with E-state index in [4.69, 9.17) is 5.73 Å². The number of nitrogens with two attached hydrogens (primary N) is 1. The molecule has 2 amide bonds. The van der Waals surface area contributed by atoms with Gasteiger partial charge in [0.25, 0.3) is 0 Å². The minimum absolute atomic E-state index is 0. The summed E-state index contributed by atoms with van der Waals surface area (Å²) < 4.78 is 0. The van der Waals surface area contributed by atoms with Gasteiger partial charge < -0.3 is 20.9 Å². The second-order valence-electron chi connectivity index (χ2n) is 6.73. The molecular weight excluding hydrogens is 392 g/mol. The van der Waals surface area contributed by atoms with Crippen molar-refractivity contribution in [3.8, 4) is 0 Å². The van der Waals surface area contributed by atoms with E-state index in [1.807, 2.05) is 29.2 Å². The van der Waals surface area contributed by atoms with Gasteiger partial charge in [0.05, 0.1) is 6.42 Å². The van der Waals surface area contributed by atoms with Gasteiger partial charge in [0.15, 0.2) is 0 Å². The van der Waals surface area contributed by atoms with Crippen LogP contribution in [0.2, 0.25) is 0 Å². The summed E-state index contributed by atoms with van der Waals surface area (Å²) in [6, 6.07) is 9.20. The predicted molar refractivity (Wildman–Crippen MR) is 115 cm³/mol. The van der Waals surface area contributed by atoms with Crippen molar-refractivity contribution in [2.75, 3.05) is 42.9 Å². The molecule has 2 aromatic rings. The van der Waals surface area contributed by atoms with Gasteiger partial charge in [0, 0.05) is 50.7 Å². The molecule has 0 spiro atoms. The SMILES string of the molecule is Cl.NCCCC(=O)Nc1ccc(CC(=O)N2CCN(c3ncccn3)CC2)cc1. The highest BCUT2D eigenvalue weighted by molar-refractivity contribution is 5.90. The minimum Gasteiger partial charge on any atom is -0.339 e. The van der Waals surface area contributed by atoms with Crippen molar-refractivity contribution in [3.63, 3.8) is 0 Å². The third kappa shape index (κ3) is 6.69. The second-order valence-corrected chi connectivity index (χ2v) is 6.73. The van der Waals surface area contributed by atoms with Gasteiger partial charge in [-0.25, -0.2) is 9.97 Å². The standard InChI is InChI=1S/C20H26N6O2.ClH/c21-8-1-3-18(27)24-17-6-4-16(5-7-17)15-19(28)25-11-13-26(14-12-25)20-22-9-2-10-23-20;/h2,4-7,9-10H,1,3,8,11-15,21H2,(H,24,27);1H. The Labute approximate surface area is 176 Å². The highest BCUT2D eigenvalue weighted by Crippen LogP contribution is 2.14. The van der Waals surface area contributed by atoms with Gasteiger partial charge in [-0.2, -0.15) is 0 Å². The van der Waals surface area contributed by atoms with Crippen LogP contribution in [0, 0.1) is 0 Å². The predicted octanol–water partition coefficient (Wildman–Crippen LogP) is 1.47. The van der Waals surface area contributed by atoms with Crippen molar-refractivity contribution in [3.05, 3.63) is 48.3 Å². The molecule has 0 radical (unpaired) electrons. The lowest BCUT2D eigenvalue weighted by molar-refractivity contribution is -0.130. The summed E-state index contributed by atoms with van der Waals surface area (Å²) in [5.41, 5.74) is 7.07. The molecule has 1 fully saturated rings. The van der Waals surface area contributed by atoms with Crippen molar-refractivity contribution >= 4 is 35.9 Å². The number of nitrogens with one attached hydrogen (secondary N) is 1. The molecule has 3 N–H and O–H groups in total. The molecule has 2 heterocycles. The molecule has 0 aliphatic carbocycles. The van der Waals surface area contributed by atoms with Crippen LogP contribution in [-0.2, 0) is 16.0 Å². The Morgan fingerprint density at radius 3 is 2.31 bits per heavy atom. The molecule has 1 aromatic heterocycles. The fourth-order valence-electron chi connectivity index (χ4n) is 3.09.